The highest BCUT2D eigenvalue weighted by atomic mass is 19.4. The second-order valence-electron chi connectivity index (χ2n) is 4.89. The second kappa shape index (κ2) is 6.18. The molecule has 0 fully saturated rings. The molecule has 2 aromatic rings. The molecule has 24 heavy (non-hydrogen) atoms. The van der Waals surface area contributed by atoms with E-state index in [1.807, 2.05) is 0 Å². The van der Waals surface area contributed by atoms with E-state index in [1.54, 1.807) is 0 Å². The Labute approximate surface area is 132 Å². The molecule has 0 bridgehead atoms. The monoisotopic (exact) mass is 348 g/mol. The number of carbonyl (C=O) groups excluding carboxylic acids is 1. The highest BCUT2D eigenvalue weighted by molar-refractivity contribution is 5.96. The highest BCUT2D eigenvalue weighted by Crippen LogP contribution is 2.35. The Kier molecular flexibility index (Phi) is 4.59. The normalized spacial score (nSPS) is 12.1. The van der Waals surface area contributed by atoms with E-state index in [2.05, 4.69) is 4.74 Å². The van der Waals surface area contributed by atoms with Gasteiger partial charge in [-0.25, -0.2) is 0 Å². The summed E-state index contributed by atoms with van der Waals surface area (Å²) in [6.45, 7) is 1.02. The molecule has 0 aliphatic heterocycles. The molecule has 0 spiro atoms. The van der Waals surface area contributed by atoms with Crippen molar-refractivity contribution in [3.05, 3.63) is 53.6 Å². The number of alkyl halides is 6. The Morgan fingerprint density at radius 3 is 1.88 bits per heavy atom. The Hall–Kier alpha value is -2.51. The Balaban J connectivity index is 2.41. The maximum absolute atomic E-state index is 13.1. The number of hydrogen-bond donors (Lipinski definition) is 0. The maximum Gasteiger partial charge on any atom is 0.573 e. The van der Waals surface area contributed by atoms with Crippen LogP contribution in [0.4, 0.5) is 26.3 Å². The van der Waals surface area contributed by atoms with Crippen molar-refractivity contribution in [3.8, 4) is 16.9 Å². The number of carbonyl (C=O) groups is 1. The van der Waals surface area contributed by atoms with E-state index < -0.39 is 35.2 Å². The number of rotatable bonds is 3. The van der Waals surface area contributed by atoms with Gasteiger partial charge in [0.05, 0.1) is 5.56 Å². The first-order valence-electron chi connectivity index (χ1n) is 6.56. The van der Waals surface area contributed by atoms with Gasteiger partial charge in [-0.1, -0.05) is 24.3 Å². The lowest BCUT2D eigenvalue weighted by molar-refractivity contribution is -0.274. The van der Waals surface area contributed by atoms with Crippen molar-refractivity contribution in [1.82, 2.24) is 0 Å². The summed E-state index contributed by atoms with van der Waals surface area (Å²) in [5.41, 5.74) is -1.19. The first kappa shape index (κ1) is 17.8. The van der Waals surface area contributed by atoms with Crippen molar-refractivity contribution in [2.24, 2.45) is 0 Å². The molecule has 0 amide bonds. The van der Waals surface area contributed by atoms with Crippen LogP contribution in [0.2, 0.25) is 0 Å². The van der Waals surface area contributed by atoms with Gasteiger partial charge >= 0.3 is 12.5 Å². The molecule has 8 heteroatoms. The summed E-state index contributed by atoms with van der Waals surface area (Å²) in [7, 11) is 0. The average molecular weight is 348 g/mol. The lowest BCUT2D eigenvalue weighted by Gasteiger charge is -2.13. The predicted molar refractivity (Wildman–Crippen MR) is 73.6 cm³/mol. The zero-order valence-corrected chi connectivity index (χ0v) is 12.1. The lowest BCUT2D eigenvalue weighted by atomic mass is 9.97. The van der Waals surface area contributed by atoms with E-state index in [0.717, 1.165) is 31.2 Å². The van der Waals surface area contributed by atoms with Gasteiger partial charge < -0.3 is 4.74 Å². The van der Waals surface area contributed by atoms with E-state index >= 15 is 0 Å². The van der Waals surface area contributed by atoms with E-state index in [-0.39, 0.29) is 11.1 Å². The summed E-state index contributed by atoms with van der Waals surface area (Å²) in [5, 5.41) is 0. The number of ketones is 1. The minimum atomic E-state index is -4.85. The second-order valence-corrected chi connectivity index (χ2v) is 4.89. The zero-order valence-electron chi connectivity index (χ0n) is 12.1. The zero-order chi connectivity index (χ0) is 18.1. The Morgan fingerprint density at radius 2 is 1.42 bits per heavy atom. The van der Waals surface area contributed by atoms with E-state index in [1.165, 1.54) is 18.2 Å². The van der Waals surface area contributed by atoms with Crippen LogP contribution in [0.1, 0.15) is 22.8 Å². The standard InChI is InChI=1S/C16H10F6O2/c1-9(23)13-7-4-11(8-14(13)15(17,18)19)10-2-5-12(6-3-10)24-16(20,21)22/h2-8H,1H3. The van der Waals surface area contributed by atoms with Crippen molar-refractivity contribution < 1.29 is 35.9 Å². The molecule has 0 saturated carbocycles. The molecule has 0 radical (unpaired) electrons. The smallest absolute Gasteiger partial charge is 0.406 e. The summed E-state index contributed by atoms with van der Waals surface area (Å²) in [6.07, 6.45) is -9.58. The van der Waals surface area contributed by atoms with Crippen LogP contribution in [0, 0.1) is 0 Å². The highest BCUT2D eigenvalue weighted by Gasteiger charge is 2.35. The minimum absolute atomic E-state index is 0.117. The van der Waals surface area contributed by atoms with Gasteiger partial charge in [0, 0.05) is 5.56 Å². The lowest BCUT2D eigenvalue weighted by Crippen LogP contribution is -2.16. The topological polar surface area (TPSA) is 26.3 Å². The Morgan fingerprint density at radius 1 is 0.875 bits per heavy atom. The largest absolute Gasteiger partial charge is 0.573 e. The quantitative estimate of drug-likeness (QED) is 0.543. The maximum atomic E-state index is 13.1. The van der Waals surface area contributed by atoms with E-state index in [9.17, 15) is 31.1 Å². The molecule has 0 aliphatic rings. The van der Waals surface area contributed by atoms with Crippen LogP contribution in [0.15, 0.2) is 42.5 Å². The number of ether oxygens (including phenoxy) is 1. The van der Waals surface area contributed by atoms with Crippen LogP contribution >= 0.6 is 0 Å². The van der Waals surface area contributed by atoms with Crippen LogP contribution in [0.25, 0.3) is 11.1 Å². The fourth-order valence-electron chi connectivity index (χ4n) is 2.11. The molecule has 0 heterocycles. The van der Waals surface area contributed by atoms with Gasteiger partial charge in [0.25, 0.3) is 0 Å². The van der Waals surface area contributed by atoms with Crippen LogP contribution in [-0.4, -0.2) is 12.1 Å². The molecule has 2 nitrogen and oxygen atoms in total. The van der Waals surface area contributed by atoms with Crippen molar-refractivity contribution >= 4 is 5.78 Å². The van der Waals surface area contributed by atoms with Gasteiger partial charge in [0.15, 0.2) is 5.78 Å². The van der Waals surface area contributed by atoms with Crippen molar-refractivity contribution in [2.45, 2.75) is 19.5 Å². The van der Waals surface area contributed by atoms with Crippen LogP contribution < -0.4 is 4.74 Å². The predicted octanol–water partition coefficient (Wildman–Crippen LogP) is 5.47. The third kappa shape index (κ3) is 4.27. The van der Waals surface area contributed by atoms with Crippen molar-refractivity contribution in [3.63, 3.8) is 0 Å². The molecule has 0 unspecified atom stereocenters. The van der Waals surface area contributed by atoms with Gasteiger partial charge in [0.2, 0.25) is 0 Å². The van der Waals surface area contributed by atoms with Gasteiger partial charge in [-0.15, -0.1) is 13.2 Å². The molecule has 0 N–H and O–H groups in total. The molecule has 0 aromatic heterocycles. The van der Waals surface area contributed by atoms with E-state index in [4.69, 9.17) is 0 Å². The number of hydrogen-bond acceptors (Lipinski definition) is 2. The summed E-state index contributed by atoms with van der Waals surface area (Å²) < 4.78 is 79.1. The summed E-state index contributed by atoms with van der Waals surface area (Å²) >= 11 is 0. The third-order valence-corrected chi connectivity index (χ3v) is 3.13. The molecule has 2 aromatic carbocycles. The van der Waals surface area contributed by atoms with Gasteiger partial charge in [0.1, 0.15) is 5.75 Å². The number of halogens is 6. The average Bonchev–Trinajstić information content (AvgIpc) is 2.44. The first-order valence-corrected chi connectivity index (χ1v) is 6.56. The first-order chi connectivity index (χ1) is 11.0. The molecular formula is C16H10F6O2. The van der Waals surface area contributed by atoms with Crippen LogP contribution in [-0.2, 0) is 6.18 Å². The summed E-state index contributed by atoms with van der Waals surface area (Å²) in [5.74, 6) is -1.22. The molecular weight excluding hydrogens is 338 g/mol. The molecule has 2 rings (SSSR count). The van der Waals surface area contributed by atoms with Crippen molar-refractivity contribution in [1.29, 1.82) is 0 Å². The molecule has 0 saturated heterocycles. The molecule has 0 atom stereocenters. The number of Topliss-reactive ketones (excluding diaryl/α,β-unsaturated/α-hetero) is 1. The van der Waals surface area contributed by atoms with Gasteiger partial charge in [-0.05, 0) is 36.2 Å². The summed E-state index contributed by atoms with van der Waals surface area (Å²) in [4.78, 5) is 11.3. The van der Waals surface area contributed by atoms with Crippen LogP contribution in [0.5, 0.6) is 5.75 Å². The van der Waals surface area contributed by atoms with Gasteiger partial charge in [-0.2, -0.15) is 13.2 Å². The van der Waals surface area contributed by atoms with E-state index in [0.29, 0.717) is 0 Å². The number of benzene rings is 2. The Bertz CT molecular complexity index is 745. The molecule has 0 aliphatic carbocycles. The minimum Gasteiger partial charge on any atom is -0.406 e. The van der Waals surface area contributed by atoms with Gasteiger partial charge in [-0.3, -0.25) is 4.79 Å². The van der Waals surface area contributed by atoms with Crippen molar-refractivity contribution in [2.75, 3.05) is 0 Å². The fraction of sp³-hybridized carbons (Fsp3) is 0.188. The summed E-state index contributed by atoms with van der Waals surface area (Å²) in [6, 6.07) is 7.51. The van der Waals surface area contributed by atoms with Crippen LogP contribution in [0.3, 0.4) is 0 Å². The fourth-order valence-corrected chi connectivity index (χ4v) is 2.11. The third-order valence-electron chi connectivity index (χ3n) is 3.13. The SMILES string of the molecule is CC(=O)c1ccc(-c2ccc(OC(F)(F)F)cc2)cc1C(F)(F)F. The molecule has 128 valence electrons.